The fourth-order valence-corrected chi connectivity index (χ4v) is 5.28. The SMILES string of the molecule is O=C(O)COc1cccc2c1CCC(Cn1cc(C(c3ccccc3)c3cccc(Cl)c3)cn1)C2. The smallest absolute Gasteiger partial charge is 0.341 e. The highest BCUT2D eigenvalue weighted by molar-refractivity contribution is 6.30. The second-order valence-corrected chi connectivity index (χ2v) is 9.52. The Morgan fingerprint density at radius 1 is 1.06 bits per heavy atom. The van der Waals surface area contributed by atoms with Gasteiger partial charge in [0, 0.05) is 29.2 Å². The third kappa shape index (κ3) is 5.41. The Kier molecular flexibility index (Phi) is 6.87. The minimum Gasteiger partial charge on any atom is -0.482 e. The van der Waals surface area contributed by atoms with Crippen LogP contribution >= 0.6 is 11.6 Å². The molecule has 1 heterocycles. The van der Waals surface area contributed by atoms with Gasteiger partial charge in [-0.3, -0.25) is 4.68 Å². The van der Waals surface area contributed by atoms with E-state index in [0.717, 1.165) is 47.5 Å². The fourth-order valence-electron chi connectivity index (χ4n) is 5.08. The minimum atomic E-state index is -0.961. The highest BCUT2D eigenvalue weighted by atomic mass is 35.5. The number of carbonyl (C=O) groups is 1. The van der Waals surface area contributed by atoms with Crippen molar-refractivity contribution in [3.05, 3.63) is 118 Å². The van der Waals surface area contributed by atoms with Crippen LogP contribution in [-0.4, -0.2) is 27.5 Å². The highest BCUT2D eigenvalue weighted by Gasteiger charge is 2.24. The van der Waals surface area contributed by atoms with Gasteiger partial charge in [0.15, 0.2) is 6.61 Å². The first-order valence-electron chi connectivity index (χ1n) is 11.8. The zero-order valence-corrected chi connectivity index (χ0v) is 20.1. The summed E-state index contributed by atoms with van der Waals surface area (Å²) in [6.07, 6.45) is 6.92. The van der Waals surface area contributed by atoms with E-state index in [1.54, 1.807) is 0 Å². The summed E-state index contributed by atoms with van der Waals surface area (Å²) in [5.74, 6) is 0.241. The Morgan fingerprint density at radius 2 is 1.86 bits per heavy atom. The molecule has 1 N–H and O–H groups in total. The molecule has 6 heteroatoms. The van der Waals surface area contributed by atoms with Crippen LogP contribution in [0.4, 0.5) is 0 Å². The largest absolute Gasteiger partial charge is 0.482 e. The molecule has 2 atom stereocenters. The average Bonchev–Trinajstić information content (AvgIpc) is 3.31. The van der Waals surface area contributed by atoms with Crippen LogP contribution in [0.5, 0.6) is 5.75 Å². The number of fused-ring (bicyclic) bond motifs is 1. The first-order chi connectivity index (χ1) is 17.1. The normalized spacial score (nSPS) is 15.9. The van der Waals surface area contributed by atoms with Gasteiger partial charge in [-0.15, -0.1) is 0 Å². The molecule has 0 spiro atoms. The molecule has 5 nitrogen and oxygen atoms in total. The van der Waals surface area contributed by atoms with Gasteiger partial charge in [0.2, 0.25) is 0 Å². The molecule has 0 saturated carbocycles. The summed E-state index contributed by atoms with van der Waals surface area (Å²) in [6.45, 7) is 0.516. The summed E-state index contributed by atoms with van der Waals surface area (Å²) < 4.78 is 7.57. The Bertz CT molecular complexity index is 1320. The number of hydrogen-bond acceptors (Lipinski definition) is 3. The molecule has 5 rings (SSSR count). The summed E-state index contributed by atoms with van der Waals surface area (Å²) in [5, 5.41) is 14.4. The highest BCUT2D eigenvalue weighted by Crippen LogP contribution is 2.35. The van der Waals surface area contributed by atoms with Crippen molar-refractivity contribution >= 4 is 17.6 Å². The van der Waals surface area contributed by atoms with Gasteiger partial charge in [0.1, 0.15) is 5.75 Å². The molecule has 0 bridgehead atoms. The number of aromatic nitrogens is 2. The lowest BCUT2D eigenvalue weighted by Crippen LogP contribution is -2.21. The van der Waals surface area contributed by atoms with Crippen LogP contribution < -0.4 is 4.74 Å². The fraction of sp³-hybridized carbons (Fsp3) is 0.241. The second kappa shape index (κ2) is 10.4. The molecular formula is C29H27ClN2O3. The number of aliphatic carboxylic acids is 1. The van der Waals surface area contributed by atoms with Crippen molar-refractivity contribution in [1.82, 2.24) is 9.78 Å². The van der Waals surface area contributed by atoms with Gasteiger partial charge in [-0.1, -0.05) is 66.2 Å². The Hall–Kier alpha value is -3.57. The molecule has 0 fully saturated rings. The van der Waals surface area contributed by atoms with E-state index in [1.165, 1.54) is 11.1 Å². The van der Waals surface area contributed by atoms with Crippen LogP contribution in [0.3, 0.4) is 0 Å². The minimum absolute atomic E-state index is 0.0599. The summed E-state index contributed by atoms with van der Waals surface area (Å²) in [7, 11) is 0. The van der Waals surface area contributed by atoms with Crippen molar-refractivity contribution in [2.24, 2.45) is 5.92 Å². The van der Waals surface area contributed by atoms with Gasteiger partial charge in [0.05, 0.1) is 6.20 Å². The second-order valence-electron chi connectivity index (χ2n) is 9.08. The molecule has 0 aliphatic heterocycles. The van der Waals surface area contributed by atoms with Crippen LogP contribution in [0.15, 0.2) is 85.2 Å². The first kappa shape index (κ1) is 23.2. The van der Waals surface area contributed by atoms with Gasteiger partial charge in [-0.05, 0) is 65.6 Å². The zero-order valence-electron chi connectivity index (χ0n) is 19.3. The molecule has 178 valence electrons. The number of nitrogens with zero attached hydrogens (tertiary/aromatic N) is 2. The summed E-state index contributed by atoms with van der Waals surface area (Å²) in [5.41, 5.74) is 5.85. The van der Waals surface area contributed by atoms with E-state index in [9.17, 15) is 4.79 Å². The van der Waals surface area contributed by atoms with E-state index >= 15 is 0 Å². The Morgan fingerprint density at radius 3 is 2.66 bits per heavy atom. The van der Waals surface area contributed by atoms with E-state index in [1.807, 2.05) is 42.6 Å². The summed E-state index contributed by atoms with van der Waals surface area (Å²) in [4.78, 5) is 10.9. The van der Waals surface area contributed by atoms with E-state index in [-0.39, 0.29) is 12.5 Å². The summed E-state index contributed by atoms with van der Waals surface area (Å²) >= 11 is 6.33. The maximum absolute atomic E-state index is 10.9. The molecule has 0 radical (unpaired) electrons. The Balaban J connectivity index is 1.34. The van der Waals surface area contributed by atoms with Gasteiger partial charge >= 0.3 is 5.97 Å². The van der Waals surface area contributed by atoms with Gasteiger partial charge in [0.25, 0.3) is 0 Å². The molecule has 3 aromatic carbocycles. The first-order valence-corrected chi connectivity index (χ1v) is 12.2. The molecule has 0 saturated heterocycles. The molecule has 4 aromatic rings. The van der Waals surface area contributed by atoms with E-state index in [4.69, 9.17) is 26.5 Å². The summed E-state index contributed by atoms with van der Waals surface area (Å²) in [6, 6.07) is 24.4. The van der Waals surface area contributed by atoms with Crippen molar-refractivity contribution in [1.29, 1.82) is 0 Å². The molecule has 2 unspecified atom stereocenters. The van der Waals surface area contributed by atoms with Crippen LogP contribution in [0.25, 0.3) is 0 Å². The number of carboxylic acids is 1. The quantitative estimate of drug-likeness (QED) is 0.332. The lowest BCUT2D eigenvalue weighted by molar-refractivity contribution is -0.139. The third-order valence-corrected chi connectivity index (χ3v) is 6.87. The lowest BCUT2D eigenvalue weighted by Gasteiger charge is -2.26. The van der Waals surface area contributed by atoms with E-state index in [0.29, 0.717) is 11.7 Å². The monoisotopic (exact) mass is 486 g/mol. The molecular weight excluding hydrogens is 460 g/mol. The predicted molar refractivity (Wildman–Crippen MR) is 136 cm³/mol. The van der Waals surface area contributed by atoms with Crippen molar-refractivity contribution in [2.45, 2.75) is 31.7 Å². The van der Waals surface area contributed by atoms with Gasteiger partial charge in [-0.25, -0.2) is 4.79 Å². The number of carboxylic acid groups (broad SMARTS) is 1. The van der Waals surface area contributed by atoms with Crippen LogP contribution in [0.1, 0.15) is 40.2 Å². The Labute approximate surface area is 209 Å². The van der Waals surface area contributed by atoms with Crippen molar-refractivity contribution in [2.75, 3.05) is 6.61 Å². The zero-order chi connectivity index (χ0) is 24.2. The topological polar surface area (TPSA) is 64.3 Å². The number of ether oxygens (including phenoxy) is 1. The molecule has 35 heavy (non-hydrogen) atoms. The van der Waals surface area contributed by atoms with E-state index < -0.39 is 5.97 Å². The van der Waals surface area contributed by atoms with Gasteiger partial charge in [-0.2, -0.15) is 5.10 Å². The maximum atomic E-state index is 10.9. The van der Waals surface area contributed by atoms with Crippen molar-refractivity contribution < 1.29 is 14.6 Å². The standard InChI is InChI=1S/C29H27ClN2O3/c30-25-10-4-9-23(15-25)29(21-6-2-1-3-7-21)24-16-31-32(18-24)17-20-12-13-26-22(14-20)8-5-11-27(26)35-19-28(33)34/h1-11,15-16,18,20,29H,12-14,17,19H2,(H,33,34). The average molecular weight is 487 g/mol. The van der Waals surface area contributed by atoms with Crippen molar-refractivity contribution in [3.63, 3.8) is 0 Å². The number of halogens is 1. The molecule has 1 aliphatic rings. The molecule has 1 aliphatic carbocycles. The van der Waals surface area contributed by atoms with Crippen LogP contribution in [-0.2, 0) is 24.2 Å². The van der Waals surface area contributed by atoms with E-state index in [2.05, 4.69) is 47.3 Å². The molecule has 0 amide bonds. The van der Waals surface area contributed by atoms with Crippen LogP contribution in [0.2, 0.25) is 5.02 Å². The lowest BCUT2D eigenvalue weighted by atomic mass is 9.83. The number of benzene rings is 3. The third-order valence-electron chi connectivity index (χ3n) is 6.64. The number of hydrogen-bond donors (Lipinski definition) is 1. The van der Waals surface area contributed by atoms with Crippen LogP contribution in [0, 0.1) is 5.92 Å². The molecule has 1 aromatic heterocycles. The van der Waals surface area contributed by atoms with Crippen molar-refractivity contribution in [3.8, 4) is 5.75 Å². The predicted octanol–water partition coefficient (Wildman–Crippen LogP) is 5.99. The van der Waals surface area contributed by atoms with Gasteiger partial charge < -0.3 is 9.84 Å². The maximum Gasteiger partial charge on any atom is 0.341 e. The number of rotatable bonds is 8.